The van der Waals surface area contributed by atoms with E-state index in [0.717, 1.165) is 25.5 Å². The molecule has 0 heterocycles. The number of nitrogens with two attached hydrogens (primary N) is 1. The molecule has 0 spiro atoms. The van der Waals surface area contributed by atoms with E-state index in [2.05, 4.69) is 0 Å². The molecule has 2 atom stereocenters. The highest BCUT2D eigenvalue weighted by Crippen LogP contribution is 2.20. The highest BCUT2D eigenvalue weighted by molar-refractivity contribution is 7.90. The van der Waals surface area contributed by atoms with Crippen LogP contribution < -0.4 is 5.73 Å². The fraction of sp³-hybridized carbons (Fsp3) is 1.00. The average Bonchev–Trinajstić information content (AvgIpc) is 2.29. The van der Waals surface area contributed by atoms with Crippen molar-refractivity contribution in [3.05, 3.63) is 0 Å². The van der Waals surface area contributed by atoms with E-state index in [9.17, 15) is 8.42 Å². The number of rotatable bonds is 3. The molecule has 0 aliphatic heterocycles. The molecule has 1 rings (SSSR count). The first-order chi connectivity index (χ1) is 5.49. The molecule has 0 aromatic heterocycles. The van der Waals surface area contributed by atoms with Crippen molar-refractivity contribution < 1.29 is 13.2 Å². The maximum atomic E-state index is 10.7. The minimum Gasteiger partial charge on any atom is -0.361 e. The van der Waals surface area contributed by atoms with Crippen LogP contribution in [0.25, 0.3) is 0 Å². The van der Waals surface area contributed by atoms with Crippen molar-refractivity contribution in [3.8, 4) is 0 Å². The molecule has 0 amide bonds. The van der Waals surface area contributed by atoms with Crippen LogP contribution in [0.3, 0.4) is 0 Å². The van der Waals surface area contributed by atoms with Gasteiger partial charge >= 0.3 is 0 Å². The Morgan fingerprint density at radius 1 is 1.50 bits per heavy atom. The standard InChI is InChI=1S/C7H15NO3S/c1-12(9,10)5-11-7-4-2-3-6(7)8/h6-7H,2-5,8H2,1H3/t6-,7-/m1/s1. The molecule has 0 unspecified atom stereocenters. The molecule has 2 N–H and O–H groups in total. The summed E-state index contributed by atoms with van der Waals surface area (Å²) >= 11 is 0. The number of hydrogen-bond acceptors (Lipinski definition) is 4. The topological polar surface area (TPSA) is 69.4 Å². The van der Waals surface area contributed by atoms with Crippen molar-refractivity contribution >= 4 is 9.84 Å². The van der Waals surface area contributed by atoms with E-state index in [1.807, 2.05) is 0 Å². The SMILES string of the molecule is CS(=O)(=O)CO[C@@H]1CCC[C@H]1N. The molecule has 4 nitrogen and oxygen atoms in total. The van der Waals surface area contributed by atoms with E-state index in [4.69, 9.17) is 10.5 Å². The zero-order valence-corrected chi connectivity index (χ0v) is 8.01. The van der Waals surface area contributed by atoms with Crippen LogP contribution in [0.5, 0.6) is 0 Å². The van der Waals surface area contributed by atoms with Gasteiger partial charge in [0, 0.05) is 12.3 Å². The highest BCUT2D eigenvalue weighted by Gasteiger charge is 2.25. The Kier molecular flexibility index (Phi) is 3.09. The van der Waals surface area contributed by atoms with E-state index in [0.29, 0.717) is 0 Å². The van der Waals surface area contributed by atoms with Gasteiger partial charge in [-0.25, -0.2) is 8.42 Å². The smallest absolute Gasteiger partial charge is 0.171 e. The molecule has 0 radical (unpaired) electrons. The predicted molar refractivity (Wildman–Crippen MR) is 46.4 cm³/mol. The lowest BCUT2D eigenvalue weighted by Crippen LogP contribution is -2.32. The lowest BCUT2D eigenvalue weighted by atomic mass is 10.2. The van der Waals surface area contributed by atoms with Crippen molar-refractivity contribution in [2.24, 2.45) is 5.73 Å². The molecule has 5 heteroatoms. The lowest BCUT2D eigenvalue weighted by molar-refractivity contribution is 0.0802. The Morgan fingerprint density at radius 3 is 2.58 bits per heavy atom. The van der Waals surface area contributed by atoms with Crippen LogP contribution >= 0.6 is 0 Å². The minimum absolute atomic E-state index is 0.0201. The van der Waals surface area contributed by atoms with Crippen LogP contribution in [-0.4, -0.2) is 32.8 Å². The third-order valence-electron chi connectivity index (χ3n) is 2.00. The first kappa shape index (κ1) is 9.95. The Bertz CT molecular complexity index is 237. The zero-order valence-electron chi connectivity index (χ0n) is 7.19. The summed E-state index contributed by atoms with van der Waals surface area (Å²) in [5, 5.41) is 0. The van der Waals surface area contributed by atoms with Crippen LogP contribution in [0.15, 0.2) is 0 Å². The van der Waals surface area contributed by atoms with Crippen molar-refractivity contribution in [2.45, 2.75) is 31.4 Å². The predicted octanol–water partition coefficient (Wildman–Crippen LogP) is -0.115. The van der Waals surface area contributed by atoms with Gasteiger partial charge in [0.05, 0.1) is 6.10 Å². The summed E-state index contributed by atoms with van der Waals surface area (Å²) in [5.74, 6) is -0.203. The number of hydrogen-bond donors (Lipinski definition) is 1. The summed E-state index contributed by atoms with van der Waals surface area (Å²) < 4.78 is 26.6. The Morgan fingerprint density at radius 2 is 2.17 bits per heavy atom. The Labute approximate surface area is 73.0 Å². The van der Waals surface area contributed by atoms with Crippen LogP contribution in [-0.2, 0) is 14.6 Å². The average molecular weight is 193 g/mol. The van der Waals surface area contributed by atoms with Crippen molar-refractivity contribution in [1.82, 2.24) is 0 Å². The van der Waals surface area contributed by atoms with E-state index in [1.165, 1.54) is 0 Å². The summed E-state index contributed by atoms with van der Waals surface area (Å²) in [6, 6.07) is 0.0201. The quantitative estimate of drug-likeness (QED) is 0.678. The van der Waals surface area contributed by atoms with Crippen molar-refractivity contribution in [2.75, 3.05) is 12.2 Å². The van der Waals surface area contributed by atoms with Crippen LogP contribution in [0.4, 0.5) is 0 Å². The maximum Gasteiger partial charge on any atom is 0.171 e. The van der Waals surface area contributed by atoms with E-state index in [1.54, 1.807) is 0 Å². The van der Waals surface area contributed by atoms with E-state index < -0.39 is 9.84 Å². The Balaban J connectivity index is 2.32. The summed E-state index contributed by atoms with van der Waals surface area (Å²) in [6.45, 7) is 0. The third-order valence-corrected chi connectivity index (χ3v) is 2.56. The molecule has 12 heavy (non-hydrogen) atoms. The largest absolute Gasteiger partial charge is 0.361 e. The second-order valence-corrected chi connectivity index (χ2v) is 5.43. The van der Waals surface area contributed by atoms with Gasteiger partial charge in [-0.3, -0.25) is 0 Å². The van der Waals surface area contributed by atoms with Crippen LogP contribution in [0.1, 0.15) is 19.3 Å². The second kappa shape index (κ2) is 3.72. The zero-order chi connectivity index (χ0) is 9.19. The Hall–Kier alpha value is -0.130. The van der Waals surface area contributed by atoms with E-state index in [-0.39, 0.29) is 18.1 Å². The molecule has 1 aliphatic rings. The minimum atomic E-state index is -3.01. The fourth-order valence-electron chi connectivity index (χ4n) is 1.37. The van der Waals surface area contributed by atoms with Crippen LogP contribution in [0, 0.1) is 0 Å². The van der Waals surface area contributed by atoms with Gasteiger partial charge in [-0.1, -0.05) is 0 Å². The fourth-order valence-corrected chi connectivity index (χ4v) is 1.79. The van der Waals surface area contributed by atoms with Gasteiger partial charge in [-0.2, -0.15) is 0 Å². The molecule has 0 saturated heterocycles. The van der Waals surface area contributed by atoms with E-state index >= 15 is 0 Å². The van der Waals surface area contributed by atoms with Crippen LogP contribution in [0.2, 0.25) is 0 Å². The molecule has 0 aromatic carbocycles. The molecular weight excluding hydrogens is 178 g/mol. The van der Waals surface area contributed by atoms with Gasteiger partial charge in [-0.15, -0.1) is 0 Å². The summed E-state index contributed by atoms with van der Waals surface area (Å²) in [4.78, 5) is 0. The van der Waals surface area contributed by atoms with Gasteiger partial charge in [-0.05, 0) is 19.3 Å². The second-order valence-electron chi connectivity index (χ2n) is 3.34. The first-order valence-corrected chi connectivity index (χ1v) is 6.10. The molecule has 1 aliphatic carbocycles. The molecular formula is C7H15NO3S. The van der Waals surface area contributed by atoms with Crippen molar-refractivity contribution in [3.63, 3.8) is 0 Å². The third kappa shape index (κ3) is 3.08. The maximum absolute atomic E-state index is 10.7. The summed E-state index contributed by atoms with van der Waals surface area (Å²) in [6.07, 6.45) is 3.97. The molecule has 0 aromatic rings. The lowest BCUT2D eigenvalue weighted by Gasteiger charge is -2.14. The van der Waals surface area contributed by atoms with Gasteiger partial charge < -0.3 is 10.5 Å². The summed E-state index contributed by atoms with van der Waals surface area (Å²) in [7, 11) is -3.01. The highest BCUT2D eigenvalue weighted by atomic mass is 32.2. The molecule has 1 fully saturated rings. The normalized spacial score (nSPS) is 30.8. The molecule has 1 saturated carbocycles. The molecule has 0 bridgehead atoms. The van der Waals surface area contributed by atoms with Crippen molar-refractivity contribution in [1.29, 1.82) is 0 Å². The first-order valence-electron chi connectivity index (χ1n) is 4.04. The van der Waals surface area contributed by atoms with Gasteiger partial charge in [0.1, 0.15) is 5.94 Å². The molecule has 72 valence electrons. The number of sulfone groups is 1. The monoisotopic (exact) mass is 193 g/mol. The van der Waals surface area contributed by atoms with Gasteiger partial charge in [0.2, 0.25) is 0 Å². The summed E-state index contributed by atoms with van der Waals surface area (Å²) in [5.41, 5.74) is 5.69. The van der Waals surface area contributed by atoms with Gasteiger partial charge in [0.25, 0.3) is 0 Å². The number of ether oxygens (including phenoxy) is 1. The van der Waals surface area contributed by atoms with Gasteiger partial charge in [0.15, 0.2) is 9.84 Å².